The first kappa shape index (κ1) is 20.0. The second kappa shape index (κ2) is 10.6. The lowest BCUT2D eigenvalue weighted by Crippen LogP contribution is -2.32. The maximum Gasteiger partial charge on any atom is 0.313 e. The van der Waals surface area contributed by atoms with Gasteiger partial charge in [-0.3, -0.25) is 9.69 Å². The first-order chi connectivity index (χ1) is 12.0. The maximum atomic E-state index is 8.98. The van der Waals surface area contributed by atoms with Gasteiger partial charge in [0.15, 0.2) is 0 Å². The van der Waals surface area contributed by atoms with Gasteiger partial charge in [-0.25, -0.2) is 0 Å². The van der Waals surface area contributed by atoms with Crippen molar-refractivity contribution in [3.8, 4) is 0 Å². The molecule has 0 bridgehead atoms. The predicted molar refractivity (Wildman–Crippen MR) is 106 cm³/mol. The molecule has 3 rings (SSSR count). The molecule has 2 unspecified atom stereocenters. The van der Waals surface area contributed by atoms with Crippen molar-refractivity contribution < 1.29 is 4.79 Å². The average molecular weight is 378 g/mol. The molecule has 2 nitrogen and oxygen atoms in total. The smallest absolute Gasteiger partial charge is 0.292 e. The van der Waals surface area contributed by atoms with E-state index in [1.165, 1.54) is 30.4 Å². The lowest BCUT2D eigenvalue weighted by Gasteiger charge is -2.29. The molecule has 0 spiro atoms. The molecule has 0 heterocycles. The molecule has 2 atom stereocenters. The van der Waals surface area contributed by atoms with Crippen LogP contribution in [0.5, 0.6) is 0 Å². The molecule has 0 aliphatic heterocycles. The Kier molecular flexibility index (Phi) is 8.47. The molecule has 0 amide bonds. The molecule has 0 N–H and O–H groups in total. The number of nitrogens with zero attached hydrogens (tertiary/aromatic N) is 1. The van der Waals surface area contributed by atoms with Gasteiger partial charge in [-0.15, -0.1) is 0 Å². The minimum Gasteiger partial charge on any atom is -0.292 e. The van der Waals surface area contributed by atoms with E-state index in [2.05, 4.69) is 95.7 Å². The van der Waals surface area contributed by atoms with Crippen LogP contribution in [0.1, 0.15) is 37.3 Å². The minimum absolute atomic E-state index is 0.736. The van der Waals surface area contributed by atoms with E-state index in [0.29, 0.717) is 0 Å². The van der Waals surface area contributed by atoms with Gasteiger partial charge in [0.2, 0.25) is 0 Å². The van der Waals surface area contributed by atoms with E-state index in [4.69, 9.17) is 4.79 Å². The second-order valence-electron chi connectivity index (χ2n) is 6.67. The molecule has 25 heavy (non-hydrogen) atoms. The largest absolute Gasteiger partial charge is 0.313 e. The first-order valence-corrected chi connectivity index (χ1v) is 9.47. The van der Waals surface area contributed by atoms with Gasteiger partial charge in [0.05, 0.1) is 0 Å². The molecule has 134 valence electrons. The summed E-state index contributed by atoms with van der Waals surface area (Å²) in [5.41, 5.74) is 2.85. The van der Waals surface area contributed by atoms with Crippen molar-refractivity contribution in [3.63, 3.8) is 0 Å². The summed E-state index contributed by atoms with van der Waals surface area (Å²) < 4.78 is -0.889. The van der Waals surface area contributed by atoms with Crippen LogP contribution in [-0.4, -0.2) is 15.6 Å². The van der Waals surface area contributed by atoms with Gasteiger partial charge in [0, 0.05) is 19.1 Å². The molecule has 0 radical (unpaired) electrons. The summed E-state index contributed by atoms with van der Waals surface area (Å²) in [5, 5.41) is 0. The molecule has 0 aromatic heterocycles. The lowest BCUT2D eigenvalue weighted by molar-refractivity contribution is 0.177. The Morgan fingerprint density at radius 2 is 1.36 bits per heavy atom. The van der Waals surface area contributed by atoms with Crippen molar-refractivity contribution in [2.75, 3.05) is 0 Å². The molecule has 2 aromatic carbocycles. The van der Waals surface area contributed by atoms with Gasteiger partial charge in [-0.1, -0.05) is 67.6 Å². The van der Waals surface area contributed by atoms with Crippen molar-refractivity contribution in [1.29, 1.82) is 0 Å². The predicted octanol–water partition coefficient (Wildman–Crippen LogP) is 6.46. The molecule has 1 aliphatic carbocycles. The zero-order valence-electron chi connectivity index (χ0n) is 14.6. The Morgan fingerprint density at radius 1 is 0.920 bits per heavy atom. The zero-order chi connectivity index (χ0) is 18.1. The number of hydrogen-bond acceptors (Lipinski definition) is 2. The van der Waals surface area contributed by atoms with Gasteiger partial charge in [-0.2, -0.15) is 0 Å². The summed E-state index contributed by atoms with van der Waals surface area (Å²) in [6.45, 7) is 4.52. The SMILES string of the molecule is CC1CCC(N(Cc2ccccc2)Cc2ccccc2)C1.O=C(Cl)Cl. The fourth-order valence-corrected chi connectivity index (χ4v) is 3.46. The number of carbonyl (C=O) groups excluding carboxylic acids is 1. The number of hydrogen-bond donors (Lipinski definition) is 0. The van der Waals surface area contributed by atoms with Crippen LogP contribution >= 0.6 is 23.2 Å². The summed E-state index contributed by atoms with van der Waals surface area (Å²) in [4.78, 5) is 11.7. The Hall–Kier alpha value is -1.35. The second-order valence-corrected chi connectivity index (χ2v) is 7.55. The molecule has 0 saturated heterocycles. The van der Waals surface area contributed by atoms with Gasteiger partial charge in [0.25, 0.3) is 0 Å². The van der Waals surface area contributed by atoms with E-state index < -0.39 is 4.70 Å². The van der Waals surface area contributed by atoms with Crippen molar-refractivity contribution in [1.82, 2.24) is 4.90 Å². The topological polar surface area (TPSA) is 20.3 Å². The van der Waals surface area contributed by atoms with Crippen LogP contribution in [0, 0.1) is 5.92 Å². The van der Waals surface area contributed by atoms with Crippen molar-refractivity contribution >= 4 is 27.9 Å². The van der Waals surface area contributed by atoms with Crippen LogP contribution in [-0.2, 0) is 13.1 Å². The highest BCUT2D eigenvalue weighted by Crippen LogP contribution is 2.30. The standard InChI is InChI=1S/C20H25N.CCl2O/c1-17-12-13-20(14-17)21(15-18-8-4-2-5-9-18)16-19-10-6-3-7-11-19;2-1(3)4/h2-11,17,20H,12-16H2,1H3;. The Bertz CT molecular complexity index is 587. The molecule has 1 saturated carbocycles. The maximum absolute atomic E-state index is 8.98. The van der Waals surface area contributed by atoms with E-state index >= 15 is 0 Å². The van der Waals surface area contributed by atoms with Crippen LogP contribution in [0.15, 0.2) is 60.7 Å². The summed E-state index contributed by atoms with van der Waals surface area (Å²) in [6.07, 6.45) is 4.07. The molecular formula is C21H25Cl2NO. The molecule has 1 fully saturated rings. The highest BCUT2D eigenvalue weighted by Gasteiger charge is 2.26. The normalized spacial score (nSPS) is 19.4. The van der Waals surface area contributed by atoms with E-state index in [1.807, 2.05) is 0 Å². The first-order valence-electron chi connectivity index (χ1n) is 8.71. The highest BCUT2D eigenvalue weighted by molar-refractivity contribution is 6.93. The van der Waals surface area contributed by atoms with Gasteiger partial charge in [0.1, 0.15) is 0 Å². The van der Waals surface area contributed by atoms with Crippen LogP contribution in [0.25, 0.3) is 0 Å². The van der Waals surface area contributed by atoms with Crippen LogP contribution < -0.4 is 0 Å². The summed E-state index contributed by atoms with van der Waals surface area (Å²) in [6, 6.07) is 22.5. The van der Waals surface area contributed by atoms with Gasteiger partial charge in [-0.05, 0) is 59.5 Å². The molecular weight excluding hydrogens is 353 g/mol. The third-order valence-electron chi connectivity index (χ3n) is 4.64. The zero-order valence-corrected chi connectivity index (χ0v) is 16.1. The number of rotatable bonds is 5. The lowest BCUT2D eigenvalue weighted by atomic mass is 10.1. The van der Waals surface area contributed by atoms with E-state index in [0.717, 1.165) is 25.0 Å². The summed E-state index contributed by atoms with van der Waals surface area (Å²) in [7, 11) is 0. The monoisotopic (exact) mass is 377 g/mol. The highest BCUT2D eigenvalue weighted by atomic mass is 35.5. The fourth-order valence-electron chi connectivity index (χ4n) is 3.46. The van der Waals surface area contributed by atoms with Gasteiger partial charge < -0.3 is 0 Å². The third kappa shape index (κ3) is 7.60. The molecule has 1 aliphatic rings. The van der Waals surface area contributed by atoms with Gasteiger partial charge >= 0.3 is 4.70 Å². The Morgan fingerprint density at radius 3 is 1.72 bits per heavy atom. The third-order valence-corrected chi connectivity index (χ3v) is 4.64. The Balaban J connectivity index is 0.000000511. The average Bonchev–Trinajstić information content (AvgIpc) is 3.02. The van der Waals surface area contributed by atoms with Crippen LogP contribution in [0.2, 0.25) is 0 Å². The summed E-state index contributed by atoms with van der Waals surface area (Å²) >= 11 is 8.80. The van der Waals surface area contributed by atoms with E-state index in [1.54, 1.807) is 0 Å². The number of halogens is 2. The molecule has 2 aromatic rings. The number of benzene rings is 2. The van der Waals surface area contributed by atoms with Crippen molar-refractivity contribution in [2.45, 2.75) is 45.3 Å². The van der Waals surface area contributed by atoms with Crippen LogP contribution in [0.3, 0.4) is 0 Å². The van der Waals surface area contributed by atoms with E-state index in [9.17, 15) is 0 Å². The quantitative estimate of drug-likeness (QED) is 0.557. The minimum atomic E-state index is -0.889. The molecule has 4 heteroatoms. The Labute approximate surface area is 160 Å². The van der Waals surface area contributed by atoms with Crippen molar-refractivity contribution in [2.24, 2.45) is 5.92 Å². The van der Waals surface area contributed by atoms with Crippen LogP contribution in [0.4, 0.5) is 4.79 Å². The van der Waals surface area contributed by atoms with E-state index in [-0.39, 0.29) is 0 Å². The summed E-state index contributed by atoms with van der Waals surface area (Å²) in [5.74, 6) is 0.879. The number of carbonyl (C=O) groups is 1. The fraction of sp³-hybridized carbons (Fsp3) is 0.381. The van der Waals surface area contributed by atoms with Crippen molar-refractivity contribution in [3.05, 3.63) is 71.8 Å².